The van der Waals surface area contributed by atoms with Gasteiger partial charge < -0.3 is 10.3 Å². The third-order valence-electron chi connectivity index (χ3n) is 5.01. The third-order valence-corrected chi connectivity index (χ3v) is 6.20. The molecule has 2 heterocycles. The summed E-state index contributed by atoms with van der Waals surface area (Å²) < 4.78 is 13.2. The number of aromatic nitrogens is 2. The fourth-order valence-corrected chi connectivity index (χ4v) is 5.03. The first kappa shape index (κ1) is 17.4. The lowest BCUT2D eigenvalue weighted by atomic mass is 9.96. The van der Waals surface area contributed by atoms with Gasteiger partial charge >= 0.3 is 0 Å². The summed E-state index contributed by atoms with van der Waals surface area (Å²) in [6, 6.07) is 6.62. The zero-order valence-corrected chi connectivity index (χ0v) is 15.8. The fourth-order valence-electron chi connectivity index (χ4n) is 3.75. The van der Waals surface area contributed by atoms with E-state index in [4.69, 9.17) is 0 Å². The molecule has 0 saturated heterocycles. The van der Waals surface area contributed by atoms with Crippen LogP contribution in [0.3, 0.4) is 0 Å². The second kappa shape index (κ2) is 6.93. The summed E-state index contributed by atoms with van der Waals surface area (Å²) in [5.74, 6) is 0.732. The molecule has 1 aromatic carbocycles. The highest BCUT2D eigenvalue weighted by Gasteiger charge is 2.21. The summed E-state index contributed by atoms with van der Waals surface area (Å²) in [5.41, 5.74) is 2.19. The highest BCUT2D eigenvalue weighted by atomic mass is 32.1. The molecular formula is C20H22FN3OS. The highest BCUT2D eigenvalue weighted by Crippen LogP contribution is 2.34. The number of halogens is 1. The molecule has 0 bridgehead atoms. The van der Waals surface area contributed by atoms with E-state index in [9.17, 15) is 9.18 Å². The molecular weight excluding hydrogens is 349 g/mol. The van der Waals surface area contributed by atoms with Crippen molar-refractivity contribution in [3.05, 3.63) is 62.3 Å². The number of rotatable bonds is 5. The molecule has 1 aliphatic rings. The van der Waals surface area contributed by atoms with Gasteiger partial charge in [-0.05, 0) is 48.4 Å². The average Bonchev–Trinajstić information content (AvgIpc) is 3.16. The van der Waals surface area contributed by atoms with Crippen molar-refractivity contribution in [1.82, 2.24) is 15.3 Å². The lowest BCUT2D eigenvalue weighted by Gasteiger charge is -2.22. The molecule has 2 N–H and O–H groups in total. The third kappa shape index (κ3) is 3.19. The molecule has 0 radical (unpaired) electrons. The van der Waals surface area contributed by atoms with E-state index < -0.39 is 0 Å². The van der Waals surface area contributed by atoms with Crippen molar-refractivity contribution in [2.24, 2.45) is 5.92 Å². The van der Waals surface area contributed by atoms with Gasteiger partial charge in [-0.1, -0.05) is 26.0 Å². The van der Waals surface area contributed by atoms with Gasteiger partial charge in [-0.25, -0.2) is 9.37 Å². The van der Waals surface area contributed by atoms with Crippen LogP contribution in [0, 0.1) is 11.7 Å². The smallest absolute Gasteiger partial charge is 0.259 e. The Kier molecular flexibility index (Phi) is 4.63. The van der Waals surface area contributed by atoms with E-state index in [2.05, 4.69) is 29.1 Å². The van der Waals surface area contributed by atoms with Crippen molar-refractivity contribution in [2.45, 2.75) is 45.7 Å². The van der Waals surface area contributed by atoms with E-state index in [1.807, 2.05) is 0 Å². The summed E-state index contributed by atoms with van der Waals surface area (Å²) in [6.07, 6.45) is 3.18. The number of hydrogen-bond acceptors (Lipinski definition) is 4. The normalized spacial score (nSPS) is 14.9. The number of hydrogen-bond donors (Lipinski definition) is 2. The maximum Gasteiger partial charge on any atom is 0.259 e. The minimum absolute atomic E-state index is 0.0333. The first-order valence-electron chi connectivity index (χ1n) is 9.05. The molecule has 2 aromatic heterocycles. The monoisotopic (exact) mass is 371 g/mol. The Morgan fingerprint density at radius 1 is 1.27 bits per heavy atom. The van der Waals surface area contributed by atoms with Crippen molar-refractivity contribution in [3.8, 4) is 0 Å². The van der Waals surface area contributed by atoms with Crippen LogP contribution in [0.2, 0.25) is 0 Å². The summed E-state index contributed by atoms with van der Waals surface area (Å²) >= 11 is 1.65. The Hall–Kier alpha value is -2.05. The summed E-state index contributed by atoms with van der Waals surface area (Å²) in [4.78, 5) is 22.3. The molecule has 6 heteroatoms. The largest absolute Gasteiger partial charge is 0.309 e. The number of nitrogens with zero attached hydrogens (tertiary/aromatic N) is 1. The Morgan fingerprint density at radius 2 is 2.04 bits per heavy atom. The Bertz CT molecular complexity index is 991. The van der Waals surface area contributed by atoms with Crippen molar-refractivity contribution in [2.75, 3.05) is 0 Å². The van der Waals surface area contributed by atoms with Crippen molar-refractivity contribution in [1.29, 1.82) is 0 Å². The lowest BCUT2D eigenvalue weighted by molar-refractivity contribution is 0.405. The zero-order valence-electron chi connectivity index (χ0n) is 14.9. The van der Waals surface area contributed by atoms with Crippen LogP contribution >= 0.6 is 11.3 Å². The van der Waals surface area contributed by atoms with Crippen LogP contribution in [-0.4, -0.2) is 9.97 Å². The topological polar surface area (TPSA) is 57.8 Å². The standard InChI is InChI=1S/C20H22FN3OS/c1-11(2)18(12-6-8-13(21)9-7-12)22-10-16-23-19(25)17-14-4-3-5-15(14)26-20(17)24-16/h6-9,11,18,22H,3-5,10H2,1-2H3,(H,23,24,25)/t18-/m0/s1. The van der Waals surface area contributed by atoms with E-state index in [-0.39, 0.29) is 17.4 Å². The molecule has 0 saturated carbocycles. The van der Waals surface area contributed by atoms with E-state index in [0.717, 1.165) is 35.0 Å². The van der Waals surface area contributed by atoms with Crippen LogP contribution in [0.1, 0.15) is 48.1 Å². The van der Waals surface area contributed by atoms with Crippen LogP contribution in [0.5, 0.6) is 0 Å². The first-order valence-corrected chi connectivity index (χ1v) is 9.87. The van der Waals surface area contributed by atoms with Gasteiger partial charge in [0.1, 0.15) is 16.5 Å². The Balaban J connectivity index is 1.58. The van der Waals surface area contributed by atoms with Crippen LogP contribution < -0.4 is 10.9 Å². The van der Waals surface area contributed by atoms with Gasteiger partial charge in [-0.2, -0.15) is 0 Å². The first-order chi connectivity index (χ1) is 12.5. The van der Waals surface area contributed by atoms with Crippen LogP contribution in [-0.2, 0) is 19.4 Å². The van der Waals surface area contributed by atoms with Crippen molar-refractivity contribution >= 4 is 21.6 Å². The van der Waals surface area contributed by atoms with Crippen LogP contribution in [0.15, 0.2) is 29.1 Å². The number of thiophene rings is 1. The van der Waals surface area contributed by atoms with E-state index in [1.165, 1.54) is 22.6 Å². The van der Waals surface area contributed by atoms with Gasteiger partial charge in [0.2, 0.25) is 0 Å². The minimum atomic E-state index is -0.238. The van der Waals surface area contributed by atoms with Gasteiger partial charge in [0.25, 0.3) is 5.56 Å². The highest BCUT2D eigenvalue weighted by molar-refractivity contribution is 7.18. The minimum Gasteiger partial charge on any atom is -0.309 e. The Labute approximate surface area is 155 Å². The van der Waals surface area contributed by atoms with Gasteiger partial charge in [0, 0.05) is 10.9 Å². The van der Waals surface area contributed by atoms with Crippen LogP contribution in [0.4, 0.5) is 4.39 Å². The predicted octanol–water partition coefficient (Wildman–Crippen LogP) is 4.10. The maximum absolute atomic E-state index is 13.2. The van der Waals surface area contributed by atoms with Gasteiger partial charge in [-0.3, -0.25) is 4.79 Å². The fraction of sp³-hybridized carbons (Fsp3) is 0.400. The zero-order chi connectivity index (χ0) is 18.3. The number of aryl methyl sites for hydroxylation is 2. The number of benzene rings is 1. The quantitative estimate of drug-likeness (QED) is 0.710. The van der Waals surface area contributed by atoms with Crippen molar-refractivity contribution in [3.63, 3.8) is 0 Å². The molecule has 0 aliphatic heterocycles. The second-order valence-electron chi connectivity index (χ2n) is 7.20. The van der Waals surface area contributed by atoms with Gasteiger partial charge in [0.05, 0.1) is 11.9 Å². The predicted molar refractivity (Wildman–Crippen MR) is 103 cm³/mol. The Morgan fingerprint density at radius 3 is 2.77 bits per heavy atom. The molecule has 1 aliphatic carbocycles. The number of fused-ring (bicyclic) bond motifs is 3. The molecule has 0 unspecified atom stereocenters. The van der Waals surface area contributed by atoms with Gasteiger partial charge in [0.15, 0.2) is 0 Å². The maximum atomic E-state index is 13.2. The summed E-state index contributed by atoms with van der Waals surface area (Å²) in [7, 11) is 0. The summed E-state index contributed by atoms with van der Waals surface area (Å²) in [5, 5.41) is 4.24. The number of aromatic amines is 1. The molecule has 0 amide bonds. The number of nitrogens with one attached hydrogen (secondary N) is 2. The molecule has 4 rings (SSSR count). The SMILES string of the molecule is CC(C)[C@H](NCc1nc2sc3c(c2c(=O)[nH]1)CCC3)c1ccc(F)cc1. The molecule has 1 atom stereocenters. The van der Waals surface area contributed by atoms with Crippen molar-refractivity contribution < 1.29 is 4.39 Å². The van der Waals surface area contributed by atoms with Crippen LogP contribution in [0.25, 0.3) is 10.2 Å². The summed E-state index contributed by atoms with van der Waals surface area (Å²) in [6.45, 7) is 4.70. The number of H-pyrrole nitrogens is 1. The molecule has 4 nitrogen and oxygen atoms in total. The molecule has 136 valence electrons. The molecule has 26 heavy (non-hydrogen) atoms. The van der Waals surface area contributed by atoms with Gasteiger partial charge in [-0.15, -0.1) is 11.3 Å². The second-order valence-corrected chi connectivity index (χ2v) is 8.29. The molecule has 0 spiro atoms. The van der Waals surface area contributed by atoms with E-state index in [1.54, 1.807) is 23.5 Å². The van der Waals surface area contributed by atoms with E-state index >= 15 is 0 Å². The van der Waals surface area contributed by atoms with E-state index in [0.29, 0.717) is 18.3 Å². The molecule has 3 aromatic rings. The lowest BCUT2D eigenvalue weighted by Crippen LogP contribution is -2.27. The average molecular weight is 371 g/mol. The molecule has 0 fully saturated rings.